The fourth-order valence-corrected chi connectivity index (χ4v) is 3.79. The minimum Gasteiger partial charge on any atom is -0.334 e. The Kier molecular flexibility index (Phi) is 6.27. The summed E-state index contributed by atoms with van der Waals surface area (Å²) in [6.45, 7) is 0.111. The summed E-state index contributed by atoms with van der Waals surface area (Å²) >= 11 is 0. The fraction of sp³-hybridized carbons (Fsp3) is 0.263. The fourth-order valence-electron chi connectivity index (χ4n) is 2.44. The molecule has 3 rings (SSSR count). The summed E-state index contributed by atoms with van der Waals surface area (Å²) in [4.78, 5) is 23.9. The Morgan fingerprint density at radius 2 is 1.71 bits per heavy atom. The van der Waals surface area contributed by atoms with Crippen molar-refractivity contribution in [2.45, 2.75) is 30.3 Å². The molecule has 1 fully saturated rings. The number of urea groups is 1. The van der Waals surface area contributed by atoms with Crippen LogP contribution in [0, 0.1) is 0 Å². The zero-order valence-electron chi connectivity index (χ0n) is 15.1. The SMILES string of the molecule is O=C(CNC(=O)NCc1ccccc1)Nc1cccc(S(=O)(=O)NC2CC2)c1. The van der Waals surface area contributed by atoms with Crippen molar-refractivity contribution in [3.8, 4) is 0 Å². The minimum atomic E-state index is -3.60. The molecule has 0 aromatic heterocycles. The van der Waals surface area contributed by atoms with E-state index in [9.17, 15) is 18.0 Å². The van der Waals surface area contributed by atoms with Gasteiger partial charge in [-0.3, -0.25) is 4.79 Å². The van der Waals surface area contributed by atoms with Crippen molar-refractivity contribution < 1.29 is 18.0 Å². The molecule has 0 radical (unpaired) electrons. The van der Waals surface area contributed by atoms with Gasteiger partial charge in [0.05, 0.1) is 11.4 Å². The Morgan fingerprint density at radius 1 is 0.964 bits per heavy atom. The average molecular weight is 402 g/mol. The highest BCUT2D eigenvalue weighted by molar-refractivity contribution is 7.89. The molecular weight excluding hydrogens is 380 g/mol. The molecule has 8 nitrogen and oxygen atoms in total. The third kappa shape index (κ3) is 6.07. The lowest BCUT2D eigenvalue weighted by atomic mass is 10.2. The van der Waals surface area contributed by atoms with E-state index in [4.69, 9.17) is 0 Å². The molecule has 0 saturated heterocycles. The van der Waals surface area contributed by atoms with E-state index in [0.717, 1.165) is 18.4 Å². The number of rotatable bonds is 8. The molecule has 1 aliphatic rings. The first-order chi connectivity index (χ1) is 13.4. The Balaban J connectivity index is 1.46. The first-order valence-corrected chi connectivity index (χ1v) is 10.4. The van der Waals surface area contributed by atoms with E-state index in [2.05, 4.69) is 20.7 Å². The van der Waals surface area contributed by atoms with Gasteiger partial charge in [0, 0.05) is 18.3 Å². The van der Waals surface area contributed by atoms with E-state index in [1.54, 1.807) is 12.1 Å². The van der Waals surface area contributed by atoms with Crippen LogP contribution in [0.25, 0.3) is 0 Å². The molecule has 0 spiro atoms. The molecule has 1 aliphatic carbocycles. The number of nitrogens with one attached hydrogen (secondary N) is 4. The Labute approximate surface area is 163 Å². The van der Waals surface area contributed by atoms with Crippen molar-refractivity contribution in [2.24, 2.45) is 0 Å². The zero-order chi connectivity index (χ0) is 20.0. The molecule has 0 atom stereocenters. The van der Waals surface area contributed by atoms with Gasteiger partial charge in [-0.1, -0.05) is 36.4 Å². The van der Waals surface area contributed by atoms with E-state index >= 15 is 0 Å². The van der Waals surface area contributed by atoms with Crippen LogP contribution >= 0.6 is 0 Å². The molecule has 148 valence electrons. The van der Waals surface area contributed by atoms with E-state index in [1.165, 1.54) is 12.1 Å². The maximum absolute atomic E-state index is 12.2. The predicted molar refractivity (Wildman–Crippen MR) is 105 cm³/mol. The topological polar surface area (TPSA) is 116 Å². The zero-order valence-corrected chi connectivity index (χ0v) is 16.0. The summed E-state index contributed by atoms with van der Waals surface area (Å²) < 4.78 is 27.1. The van der Waals surface area contributed by atoms with Crippen molar-refractivity contribution in [1.82, 2.24) is 15.4 Å². The largest absolute Gasteiger partial charge is 0.334 e. The van der Waals surface area contributed by atoms with Gasteiger partial charge in [-0.2, -0.15) is 0 Å². The van der Waals surface area contributed by atoms with E-state index in [-0.39, 0.29) is 17.5 Å². The van der Waals surface area contributed by atoms with Gasteiger partial charge in [-0.15, -0.1) is 0 Å². The number of hydrogen-bond acceptors (Lipinski definition) is 4. The molecule has 4 N–H and O–H groups in total. The quantitative estimate of drug-likeness (QED) is 0.536. The number of carbonyl (C=O) groups is 2. The monoisotopic (exact) mass is 402 g/mol. The molecule has 0 heterocycles. The molecule has 28 heavy (non-hydrogen) atoms. The summed E-state index contributed by atoms with van der Waals surface area (Å²) in [7, 11) is -3.60. The summed E-state index contributed by atoms with van der Waals surface area (Å²) in [6, 6.07) is 14.9. The highest BCUT2D eigenvalue weighted by atomic mass is 32.2. The van der Waals surface area contributed by atoms with Crippen molar-refractivity contribution in [1.29, 1.82) is 0 Å². The molecule has 0 unspecified atom stereocenters. The summed E-state index contributed by atoms with van der Waals surface area (Å²) in [5.41, 5.74) is 1.29. The van der Waals surface area contributed by atoms with Crippen LogP contribution in [0.15, 0.2) is 59.5 Å². The molecule has 3 amide bonds. The number of anilines is 1. The second-order valence-corrected chi connectivity index (χ2v) is 8.21. The van der Waals surface area contributed by atoms with Crippen molar-refractivity contribution in [3.05, 3.63) is 60.2 Å². The lowest BCUT2D eigenvalue weighted by Crippen LogP contribution is -2.39. The van der Waals surface area contributed by atoms with E-state index in [1.807, 2.05) is 30.3 Å². The van der Waals surface area contributed by atoms with Crippen LogP contribution in [-0.4, -0.2) is 32.9 Å². The second kappa shape index (κ2) is 8.85. The summed E-state index contributed by atoms with van der Waals surface area (Å²) in [5, 5.41) is 7.69. The maximum atomic E-state index is 12.2. The van der Waals surface area contributed by atoms with Gasteiger partial charge in [0.2, 0.25) is 15.9 Å². The predicted octanol–water partition coefficient (Wildman–Crippen LogP) is 1.57. The standard InChI is InChI=1S/C19H22N4O4S/c24-18(13-21-19(25)20-12-14-5-2-1-3-6-14)22-16-7-4-8-17(11-16)28(26,27)23-15-9-10-15/h1-8,11,15,23H,9-10,12-13H2,(H,22,24)(H2,20,21,25). The van der Waals surface area contributed by atoms with Gasteiger partial charge in [-0.05, 0) is 36.6 Å². The van der Waals surface area contributed by atoms with Crippen LogP contribution in [-0.2, 0) is 21.4 Å². The summed E-state index contributed by atoms with van der Waals surface area (Å²) in [5.74, 6) is -0.459. The van der Waals surface area contributed by atoms with Gasteiger partial charge < -0.3 is 16.0 Å². The summed E-state index contributed by atoms with van der Waals surface area (Å²) in [6.07, 6.45) is 1.68. The van der Waals surface area contributed by atoms with E-state index in [0.29, 0.717) is 12.2 Å². The van der Waals surface area contributed by atoms with Gasteiger partial charge in [0.15, 0.2) is 0 Å². The van der Waals surface area contributed by atoms with Crippen LogP contribution < -0.4 is 20.7 Å². The maximum Gasteiger partial charge on any atom is 0.315 e. The van der Waals surface area contributed by atoms with Crippen LogP contribution in [0.3, 0.4) is 0 Å². The Morgan fingerprint density at radius 3 is 2.43 bits per heavy atom. The number of benzene rings is 2. The third-order valence-electron chi connectivity index (χ3n) is 4.03. The molecule has 0 aliphatic heterocycles. The van der Waals surface area contributed by atoms with Crippen LogP contribution in [0.2, 0.25) is 0 Å². The Hall–Kier alpha value is -2.91. The molecule has 0 bridgehead atoms. The number of carbonyl (C=O) groups excluding carboxylic acids is 2. The number of amides is 3. The van der Waals surface area contributed by atoms with Gasteiger partial charge in [-0.25, -0.2) is 17.9 Å². The molecular formula is C19H22N4O4S. The molecule has 2 aromatic rings. The lowest BCUT2D eigenvalue weighted by Gasteiger charge is -2.10. The van der Waals surface area contributed by atoms with Crippen LogP contribution in [0.1, 0.15) is 18.4 Å². The number of sulfonamides is 1. The highest BCUT2D eigenvalue weighted by Crippen LogP contribution is 2.23. The van der Waals surface area contributed by atoms with E-state index < -0.39 is 22.0 Å². The van der Waals surface area contributed by atoms with Crippen LogP contribution in [0.5, 0.6) is 0 Å². The first-order valence-electron chi connectivity index (χ1n) is 8.90. The molecule has 9 heteroatoms. The Bertz CT molecular complexity index is 943. The van der Waals surface area contributed by atoms with Gasteiger partial charge >= 0.3 is 6.03 Å². The molecule has 2 aromatic carbocycles. The smallest absolute Gasteiger partial charge is 0.315 e. The van der Waals surface area contributed by atoms with Gasteiger partial charge in [0.25, 0.3) is 0 Å². The van der Waals surface area contributed by atoms with Crippen molar-refractivity contribution in [2.75, 3.05) is 11.9 Å². The first kappa shape index (κ1) is 19.8. The minimum absolute atomic E-state index is 0.00171. The van der Waals surface area contributed by atoms with Crippen molar-refractivity contribution in [3.63, 3.8) is 0 Å². The highest BCUT2D eigenvalue weighted by Gasteiger charge is 2.28. The normalized spacial score (nSPS) is 13.6. The third-order valence-corrected chi connectivity index (χ3v) is 5.55. The molecule has 1 saturated carbocycles. The lowest BCUT2D eigenvalue weighted by molar-refractivity contribution is -0.115. The number of hydrogen-bond donors (Lipinski definition) is 4. The van der Waals surface area contributed by atoms with Crippen LogP contribution in [0.4, 0.5) is 10.5 Å². The van der Waals surface area contributed by atoms with Crippen molar-refractivity contribution >= 4 is 27.6 Å². The second-order valence-electron chi connectivity index (χ2n) is 6.49. The van der Waals surface area contributed by atoms with Gasteiger partial charge in [0.1, 0.15) is 0 Å². The average Bonchev–Trinajstić information content (AvgIpc) is 3.49.